The number of amides is 1. The Morgan fingerprint density at radius 3 is 2.67 bits per heavy atom. The van der Waals surface area contributed by atoms with Crippen LogP contribution in [0, 0.1) is 0 Å². The molecule has 2 aromatic rings. The molecule has 2 aromatic carbocycles. The summed E-state index contributed by atoms with van der Waals surface area (Å²) in [6.45, 7) is 1.79. The Kier molecular flexibility index (Phi) is 2.82. The van der Waals surface area contributed by atoms with Gasteiger partial charge in [0.2, 0.25) is 5.91 Å². The van der Waals surface area contributed by atoms with Gasteiger partial charge in [0.1, 0.15) is 5.54 Å². The van der Waals surface area contributed by atoms with Crippen LogP contribution in [-0.4, -0.2) is 17.4 Å². The normalized spacial score (nSPS) is 24.3. The van der Waals surface area contributed by atoms with Crippen molar-refractivity contribution in [3.63, 3.8) is 0 Å². The van der Waals surface area contributed by atoms with Crippen molar-refractivity contribution in [2.24, 2.45) is 0 Å². The predicted octanol–water partition coefficient (Wildman–Crippen LogP) is 3.13. The number of likely N-dealkylation sites (tertiary alicyclic amines) is 1. The molecule has 4 rings (SSSR count). The quantitative estimate of drug-likeness (QED) is 0.915. The summed E-state index contributed by atoms with van der Waals surface area (Å²) in [6.07, 6.45) is 1.97. The van der Waals surface area contributed by atoms with Crippen LogP contribution in [0.25, 0.3) is 0 Å². The summed E-state index contributed by atoms with van der Waals surface area (Å²) < 4.78 is 0. The maximum atomic E-state index is 12.7. The number of benzene rings is 2. The average Bonchev–Trinajstić information content (AvgIpc) is 3.05. The van der Waals surface area contributed by atoms with E-state index in [4.69, 9.17) is 0 Å². The van der Waals surface area contributed by atoms with Crippen LogP contribution < -0.4 is 5.32 Å². The molecule has 3 heteroatoms. The second-order valence-electron chi connectivity index (χ2n) is 5.87. The molecule has 0 aliphatic carbocycles. The van der Waals surface area contributed by atoms with Crippen molar-refractivity contribution in [2.75, 3.05) is 11.9 Å². The van der Waals surface area contributed by atoms with E-state index in [-0.39, 0.29) is 5.91 Å². The third kappa shape index (κ3) is 1.81. The monoisotopic (exact) mass is 278 g/mol. The van der Waals surface area contributed by atoms with Crippen molar-refractivity contribution in [2.45, 2.75) is 24.9 Å². The van der Waals surface area contributed by atoms with Crippen LogP contribution in [0.2, 0.25) is 0 Å². The number of rotatable bonds is 2. The first-order chi connectivity index (χ1) is 10.3. The van der Waals surface area contributed by atoms with Crippen molar-refractivity contribution >= 4 is 11.6 Å². The molecule has 0 saturated carbocycles. The van der Waals surface area contributed by atoms with Gasteiger partial charge >= 0.3 is 0 Å². The van der Waals surface area contributed by atoms with Gasteiger partial charge in [0.15, 0.2) is 0 Å². The van der Waals surface area contributed by atoms with E-state index >= 15 is 0 Å². The number of hydrogen-bond acceptors (Lipinski definition) is 2. The SMILES string of the molecule is O=C1Nc2ccccc2C12CCCN2Cc1ccccc1. The van der Waals surface area contributed by atoms with Crippen molar-refractivity contribution < 1.29 is 4.79 Å². The summed E-state index contributed by atoms with van der Waals surface area (Å²) in [5.74, 6) is 0.136. The van der Waals surface area contributed by atoms with Gasteiger partial charge in [-0.3, -0.25) is 9.69 Å². The largest absolute Gasteiger partial charge is 0.324 e. The van der Waals surface area contributed by atoms with E-state index in [2.05, 4.69) is 40.5 Å². The second-order valence-corrected chi connectivity index (χ2v) is 5.87. The highest BCUT2D eigenvalue weighted by molar-refractivity contribution is 6.06. The molecule has 106 valence electrons. The van der Waals surface area contributed by atoms with E-state index in [0.717, 1.165) is 37.2 Å². The minimum absolute atomic E-state index is 0.136. The fourth-order valence-electron chi connectivity index (χ4n) is 3.76. The highest BCUT2D eigenvalue weighted by atomic mass is 16.2. The molecule has 21 heavy (non-hydrogen) atoms. The topological polar surface area (TPSA) is 32.3 Å². The Hall–Kier alpha value is -2.13. The van der Waals surface area contributed by atoms with Gasteiger partial charge in [-0.05, 0) is 31.0 Å². The zero-order valence-electron chi connectivity index (χ0n) is 11.9. The van der Waals surface area contributed by atoms with E-state index in [1.165, 1.54) is 5.56 Å². The van der Waals surface area contributed by atoms with Gasteiger partial charge in [-0.15, -0.1) is 0 Å². The lowest BCUT2D eigenvalue weighted by atomic mass is 9.88. The second kappa shape index (κ2) is 4.71. The summed E-state index contributed by atoms with van der Waals surface area (Å²) in [4.78, 5) is 15.0. The zero-order valence-corrected chi connectivity index (χ0v) is 11.9. The molecule has 0 aromatic heterocycles. The van der Waals surface area contributed by atoms with E-state index in [0.29, 0.717) is 0 Å². The van der Waals surface area contributed by atoms with Gasteiger partial charge in [-0.1, -0.05) is 48.5 Å². The number of carbonyl (C=O) groups is 1. The van der Waals surface area contributed by atoms with Crippen molar-refractivity contribution in [1.29, 1.82) is 0 Å². The number of fused-ring (bicyclic) bond motifs is 2. The number of nitrogens with one attached hydrogen (secondary N) is 1. The first kappa shape index (κ1) is 12.6. The Morgan fingerprint density at radius 2 is 1.81 bits per heavy atom. The van der Waals surface area contributed by atoms with E-state index < -0.39 is 5.54 Å². The molecule has 1 saturated heterocycles. The van der Waals surface area contributed by atoms with E-state index in [9.17, 15) is 4.79 Å². The summed E-state index contributed by atoms with van der Waals surface area (Å²) in [6, 6.07) is 18.5. The Bertz CT molecular complexity index is 683. The van der Waals surface area contributed by atoms with E-state index in [1.807, 2.05) is 24.3 Å². The van der Waals surface area contributed by atoms with Crippen LogP contribution in [0.5, 0.6) is 0 Å². The molecule has 3 nitrogen and oxygen atoms in total. The molecule has 1 amide bonds. The summed E-state index contributed by atoms with van der Waals surface area (Å²) >= 11 is 0. The third-order valence-corrected chi connectivity index (χ3v) is 4.72. The first-order valence-corrected chi connectivity index (χ1v) is 7.51. The third-order valence-electron chi connectivity index (χ3n) is 4.72. The number of anilines is 1. The van der Waals surface area contributed by atoms with Crippen LogP contribution >= 0.6 is 0 Å². The van der Waals surface area contributed by atoms with Crippen molar-refractivity contribution in [3.8, 4) is 0 Å². The standard InChI is InChI=1S/C18H18N2O/c21-17-18(15-9-4-5-10-16(15)19-17)11-6-12-20(18)13-14-7-2-1-3-8-14/h1-5,7-10H,6,11-13H2,(H,19,21). The molecule has 1 fully saturated rings. The first-order valence-electron chi connectivity index (χ1n) is 7.51. The summed E-state index contributed by atoms with van der Waals surface area (Å²) in [7, 11) is 0. The lowest BCUT2D eigenvalue weighted by Crippen LogP contribution is -2.46. The maximum Gasteiger partial charge on any atom is 0.249 e. The van der Waals surface area contributed by atoms with Gasteiger partial charge in [0, 0.05) is 17.8 Å². The molecular formula is C18H18N2O. The Labute approximate surface area is 124 Å². The fraction of sp³-hybridized carbons (Fsp3) is 0.278. The molecule has 0 radical (unpaired) electrons. The smallest absolute Gasteiger partial charge is 0.249 e. The number of carbonyl (C=O) groups excluding carboxylic acids is 1. The molecule has 1 atom stereocenters. The molecule has 2 aliphatic heterocycles. The zero-order chi connectivity index (χ0) is 14.3. The molecule has 2 aliphatic rings. The Morgan fingerprint density at radius 1 is 1.05 bits per heavy atom. The molecule has 1 N–H and O–H groups in total. The summed E-state index contributed by atoms with van der Waals surface area (Å²) in [5, 5.41) is 3.07. The highest BCUT2D eigenvalue weighted by Gasteiger charge is 2.53. The van der Waals surface area contributed by atoms with Crippen molar-refractivity contribution in [1.82, 2.24) is 4.90 Å². The van der Waals surface area contributed by atoms with Gasteiger partial charge < -0.3 is 5.32 Å². The molecule has 1 unspecified atom stereocenters. The lowest BCUT2D eigenvalue weighted by molar-refractivity contribution is -0.126. The number of nitrogens with zero attached hydrogens (tertiary/aromatic N) is 1. The summed E-state index contributed by atoms with van der Waals surface area (Å²) in [5.41, 5.74) is 2.91. The molecular weight excluding hydrogens is 260 g/mol. The van der Waals surface area contributed by atoms with Crippen LogP contribution in [0.15, 0.2) is 54.6 Å². The van der Waals surface area contributed by atoms with Gasteiger partial charge in [0.05, 0.1) is 0 Å². The maximum absolute atomic E-state index is 12.7. The van der Waals surface area contributed by atoms with E-state index in [1.54, 1.807) is 0 Å². The van der Waals surface area contributed by atoms with Crippen LogP contribution in [-0.2, 0) is 16.9 Å². The van der Waals surface area contributed by atoms with Gasteiger partial charge in [-0.25, -0.2) is 0 Å². The van der Waals surface area contributed by atoms with Crippen LogP contribution in [0.4, 0.5) is 5.69 Å². The lowest BCUT2D eigenvalue weighted by Gasteiger charge is -2.33. The predicted molar refractivity (Wildman–Crippen MR) is 82.8 cm³/mol. The fourth-order valence-corrected chi connectivity index (χ4v) is 3.76. The van der Waals surface area contributed by atoms with Gasteiger partial charge in [-0.2, -0.15) is 0 Å². The minimum Gasteiger partial charge on any atom is -0.324 e. The number of para-hydroxylation sites is 1. The molecule has 2 heterocycles. The highest BCUT2D eigenvalue weighted by Crippen LogP contribution is 2.47. The Balaban J connectivity index is 1.74. The van der Waals surface area contributed by atoms with Crippen LogP contribution in [0.3, 0.4) is 0 Å². The molecule has 0 bridgehead atoms. The van der Waals surface area contributed by atoms with Crippen molar-refractivity contribution in [3.05, 3.63) is 65.7 Å². The minimum atomic E-state index is -0.466. The van der Waals surface area contributed by atoms with Gasteiger partial charge in [0.25, 0.3) is 0 Å². The van der Waals surface area contributed by atoms with Crippen LogP contribution in [0.1, 0.15) is 24.0 Å². The molecule has 1 spiro atoms. The average molecular weight is 278 g/mol. The number of hydrogen-bond donors (Lipinski definition) is 1.